The molecular weight excluding hydrogens is 1350 g/mol. The fourth-order valence-corrected chi connectivity index (χ4v) is 10.9. The molecule has 0 heterocycles. The predicted molar refractivity (Wildman–Crippen MR) is 426 cm³/mol. The summed E-state index contributed by atoms with van der Waals surface area (Å²) in [5.41, 5.74) is 0. The van der Waals surface area contributed by atoms with Crippen LogP contribution in [0.25, 0.3) is 0 Å². The minimum Gasteiger partial charge on any atom is -0.462 e. The van der Waals surface area contributed by atoms with E-state index in [1.165, 1.54) is 25.7 Å². The maximum absolute atomic E-state index is 13.1. The lowest BCUT2D eigenvalue weighted by atomic mass is 10.1. The normalized spacial score (nSPS) is 15.0. The number of unbranched alkanes of at least 4 members (excludes halogenated alkanes) is 13. The van der Waals surface area contributed by atoms with Crippen LogP contribution in [0, 0.1) is 0 Å². The number of allylic oxidation sites excluding steroid dienone is 31. The van der Waals surface area contributed by atoms with E-state index in [1.807, 2.05) is 30.4 Å². The Morgan fingerprint density at radius 1 is 0.288 bits per heavy atom. The summed E-state index contributed by atoms with van der Waals surface area (Å²) in [4.78, 5) is 72.8. The Balaban J connectivity index is 5.53. The highest BCUT2D eigenvalue weighted by Crippen LogP contribution is 2.45. The molecule has 104 heavy (non-hydrogen) atoms. The van der Waals surface area contributed by atoms with Crippen LogP contribution in [-0.2, 0) is 65.4 Å². The number of carbonyl (C=O) groups excluding carboxylic acids is 4. The molecule has 0 aromatic rings. The second-order valence-corrected chi connectivity index (χ2v) is 27.7. The van der Waals surface area contributed by atoms with Crippen LogP contribution in [0.3, 0.4) is 0 Å². The summed E-state index contributed by atoms with van der Waals surface area (Å²) < 4.78 is 68.3. The number of hydrogen-bond donors (Lipinski definition) is 3. The molecule has 0 aromatic carbocycles. The van der Waals surface area contributed by atoms with Crippen LogP contribution in [0.2, 0.25) is 0 Å². The van der Waals surface area contributed by atoms with E-state index in [0.29, 0.717) is 32.1 Å². The standard InChI is InChI=1S/C85H134O17P2/c1-5-9-13-17-21-25-29-33-36-38-39-41-44-47-50-54-58-62-66-70-83(88)95-75-80(101-84(89)71-67-63-59-55-51-45-32-28-24-20-16-12-8-4)77-99-103(91,92)97-73-79(86)74-98-104(93,94)100-78-81(102-85(90)72-68-64-60-56-52-48-42-35-31-27-23-19-15-11-7-3)76-96-82(87)69-65-61-57-53-49-46-43-40-37-34-30-26-22-18-14-10-6-2/h9-11,13-15,21-23,25-28,32-37,39,41-43,46-47,50,52,56,58,62,64,68,79-81,86H,5-8,12,16-20,24,29-31,38,40,44-45,48-49,51,53-55,57,59-61,63,65-67,69-78H2,1-4H3,(H,91,92)(H,93,94)/b13-9-,14-10-,15-11-,25-21-,26-22-,27-23-,32-28-,36-33-,37-34-,41-39-,42-35-,46-43-,50-47-,56-52-,62-58-,68-64-. The van der Waals surface area contributed by atoms with Gasteiger partial charge >= 0.3 is 39.5 Å². The van der Waals surface area contributed by atoms with Crippen molar-refractivity contribution in [3.05, 3.63) is 194 Å². The van der Waals surface area contributed by atoms with Gasteiger partial charge in [0.05, 0.1) is 32.8 Å². The fourth-order valence-electron chi connectivity index (χ4n) is 9.31. The number of hydrogen-bond acceptors (Lipinski definition) is 15. The highest BCUT2D eigenvalue weighted by Gasteiger charge is 2.30. The number of rotatable bonds is 70. The van der Waals surface area contributed by atoms with Crippen LogP contribution < -0.4 is 0 Å². The summed E-state index contributed by atoms with van der Waals surface area (Å²) in [7, 11) is -10.0. The number of ether oxygens (including phenoxy) is 4. The van der Waals surface area contributed by atoms with Crippen molar-refractivity contribution in [3.8, 4) is 0 Å². The van der Waals surface area contributed by atoms with Crippen molar-refractivity contribution in [1.29, 1.82) is 0 Å². The molecule has 586 valence electrons. The number of phosphoric ester groups is 2. The Labute approximate surface area is 627 Å². The van der Waals surface area contributed by atoms with Gasteiger partial charge in [0.15, 0.2) is 12.2 Å². The zero-order chi connectivity index (χ0) is 76.0. The van der Waals surface area contributed by atoms with Gasteiger partial charge in [-0.1, -0.05) is 273 Å². The summed E-state index contributed by atoms with van der Waals surface area (Å²) in [5.74, 6) is -2.48. The van der Waals surface area contributed by atoms with Gasteiger partial charge in [-0.05, 0) is 154 Å². The van der Waals surface area contributed by atoms with Crippen molar-refractivity contribution in [3.63, 3.8) is 0 Å². The number of aliphatic hydroxyl groups is 1. The van der Waals surface area contributed by atoms with Crippen molar-refractivity contribution < 1.29 is 80.2 Å². The predicted octanol–water partition coefficient (Wildman–Crippen LogP) is 22.5. The molecule has 0 amide bonds. The van der Waals surface area contributed by atoms with Gasteiger partial charge in [-0.3, -0.25) is 37.3 Å². The smallest absolute Gasteiger partial charge is 0.462 e. The van der Waals surface area contributed by atoms with Crippen LogP contribution in [0.5, 0.6) is 0 Å². The number of phosphoric acid groups is 2. The zero-order valence-corrected chi connectivity index (χ0v) is 65.6. The molecule has 19 heteroatoms. The average molecular weight is 1490 g/mol. The van der Waals surface area contributed by atoms with E-state index in [0.717, 1.165) is 148 Å². The Kier molecular flexibility index (Phi) is 70.7. The van der Waals surface area contributed by atoms with Crippen LogP contribution in [0.15, 0.2) is 194 Å². The molecule has 0 fully saturated rings. The van der Waals surface area contributed by atoms with Crippen molar-refractivity contribution in [2.75, 3.05) is 39.6 Å². The van der Waals surface area contributed by atoms with Crippen LogP contribution in [0.4, 0.5) is 0 Å². The molecule has 0 rings (SSSR count). The molecule has 0 aromatic heterocycles. The third kappa shape index (κ3) is 74.2. The first-order chi connectivity index (χ1) is 50.7. The first-order valence-corrected chi connectivity index (χ1v) is 41.7. The number of aliphatic hydroxyl groups excluding tert-OH is 1. The van der Waals surface area contributed by atoms with Crippen molar-refractivity contribution in [1.82, 2.24) is 0 Å². The lowest BCUT2D eigenvalue weighted by Gasteiger charge is -2.21. The van der Waals surface area contributed by atoms with E-state index in [1.54, 1.807) is 12.2 Å². The van der Waals surface area contributed by atoms with E-state index in [-0.39, 0.29) is 25.7 Å². The minimum absolute atomic E-state index is 0.0251. The maximum atomic E-state index is 13.1. The van der Waals surface area contributed by atoms with Gasteiger partial charge in [0.25, 0.3) is 0 Å². The van der Waals surface area contributed by atoms with Gasteiger partial charge in [0, 0.05) is 19.3 Å². The molecule has 5 unspecified atom stereocenters. The molecule has 0 aliphatic carbocycles. The summed E-state index contributed by atoms with van der Waals surface area (Å²) >= 11 is 0. The summed E-state index contributed by atoms with van der Waals surface area (Å²) in [6, 6.07) is 0. The lowest BCUT2D eigenvalue weighted by molar-refractivity contribution is -0.161. The minimum atomic E-state index is -5.02. The highest BCUT2D eigenvalue weighted by atomic mass is 31.2. The highest BCUT2D eigenvalue weighted by molar-refractivity contribution is 7.47. The third-order valence-corrected chi connectivity index (χ3v) is 17.0. The van der Waals surface area contributed by atoms with Gasteiger partial charge in [-0.15, -0.1) is 0 Å². The Hall–Kier alpha value is -6.10. The Bertz CT molecular complexity index is 2740. The summed E-state index contributed by atoms with van der Waals surface area (Å²) in [5, 5.41) is 10.6. The second kappa shape index (κ2) is 75.1. The van der Waals surface area contributed by atoms with Crippen LogP contribution in [-0.4, -0.2) is 96.7 Å². The van der Waals surface area contributed by atoms with Crippen molar-refractivity contribution in [2.24, 2.45) is 0 Å². The largest absolute Gasteiger partial charge is 0.472 e. The van der Waals surface area contributed by atoms with E-state index in [9.17, 15) is 43.2 Å². The molecule has 0 radical (unpaired) electrons. The van der Waals surface area contributed by atoms with E-state index < -0.39 is 97.5 Å². The van der Waals surface area contributed by atoms with Gasteiger partial charge < -0.3 is 33.8 Å². The molecule has 0 spiro atoms. The maximum Gasteiger partial charge on any atom is 0.472 e. The zero-order valence-electron chi connectivity index (χ0n) is 63.9. The number of esters is 4. The van der Waals surface area contributed by atoms with Gasteiger partial charge in [-0.25, -0.2) is 9.13 Å². The van der Waals surface area contributed by atoms with Crippen LogP contribution >= 0.6 is 15.6 Å². The molecular formula is C85H134O17P2. The fraction of sp³-hybridized carbons (Fsp3) is 0.576. The Morgan fingerprint density at radius 2 is 0.558 bits per heavy atom. The van der Waals surface area contributed by atoms with Gasteiger partial charge in [0.1, 0.15) is 19.3 Å². The summed E-state index contributed by atoms with van der Waals surface area (Å²) in [6.45, 7) is 4.24. The first-order valence-electron chi connectivity index (χ1n) is 38.7. The number of carbonyl (C=O) groups is 4. The quantitative estimate of drug-likeness (QED) is 0.0169. The lowest BCUT2D eigenvalue weighted by Crippen LogP contribution is -2.30. The van der Waals surface area contributed by atoms with E-state index in [2.05, 4.69) is 180 Å². The average Bonchev–Trinajstić information content (AvgIpc) is 0.939. The molecule has 17 nitrogen and oxygen atoms in total. The van der Waals surface area contributed by atoms with Gasteiger partial charge in [0.2, 0.25) is 0 Å². The molecule has 0 bridgehead atoms. The van der Waals surface area contributed by atoms with Crippen LogP contribution in [0.1, 0.15) is 259 Å². The third-order valence-electron chi connectivity index (χ3n) is 15.1. The molecule has 0 aliphatic rings. The van der Waals surface area contributed by atoms with E-state index in [4.69, 9.17) is 37.0 Å². The topological polar surface area (TPSA) is 237 Å². The molecule has 5 atom stereocenters. The SMILES string of the molecule is CC/C=C\C/C=C\C/C=C\C/C=C\C/C=C\C/C=C\CCC(=O)OCC(COP(=O)(O)OCC(O)COP(=O)(O)OCC(COC(=O)CCCCCC/C=C\C/C=C\C/C=C\C/C=C\CC)OC(=O)C/C=C\C/C=C\C/C=C\C/C=C\C/C=C\CC)OC(=O)CCCCCCC/C=C\CCCCCC. The first kappa shape index (κ1) is 97.9. The summed E-state index contributed by atoms with van der Waals surface area (Å²) in [6.07, 6.45) is 91.8. The van der Waals surface area contributed by atoms with Crippen molar-refractivity contribution in [2.45, 2.75) is 277 Å². The Morgan fingerprint density at radius 3 is 0.923 bits per heavy atom. The van der Waals surface area contributed by atoms with E-state index >= 15 is 0 Å². The molecule has 0 aliphatic heterocycles. The second-order valence-electron chi connectivity index (χ2n) is 24.8. The molecule has 0 saturated carbocycles. The monoisotopic (exact) mass is 1490 g/mol. The van der Waals surface area contributed by atoms with Crippen molar-refractivity contribution >= 4 is 39.5 Å². The van der Waals surface area contributed by atoms with Gasteiger partial charge in [-0.2, -0.15) is 0 Å². The molecule has 0 saturated heterocycles. The molecule has 3 N–H and O–H groups in total.